The van der Waals surface area contributed by atoms with Crippen molar-refractivity contribution in [1.82, 2.24) is 0 Å². The van der Waals surface area contributed by atoms with Crippen LogP contribution >= 0.6 is 0 Å². The van der Waals surface area contributed by atoms with Crippen LogP contribution in [0.25, 0.3) is 0 Å². The van der Waals surface area contributed by atoms with Crippen LogP contribution in [-0.4, -0.2) is 37.0 Å². The minimum absolute atomic E-state index is 0.0743. The van der Waals surface area contributed by atoms with Crippen LogP contribution in [0.5, 0.6) is 0 Å². The molecule has 0 aromatic heterocycles. The van der Waals surface area contributed by atoms with E-state index in [9.17, 15) is 18.3 Å². The summed E-state index contributed by atoms with van der Waals surface area (Å²) in [6.45, 7) is 3.28. The number of hydrogen-bond acceptors (Lipinski definition) is 4. The molecule has 110 valence electrons. The van der Waals surface area contributed by atoms with E-state index in [0.717, 1.165) is 11.1 Å². The van der Waals surface area contributed by atoms with Crippen molar-refractivity contribution in [3.8, 4) is 0 Å². The molecule has 6 heteroatoms. The Kier molecular flexibility index (Phi) is 3.64. The normalized spacial score (nSPS) is 29.1. The van der Waals surface area contributed by atoms with Crippen molar-refractivity contribution < 1.29 is 18.3 Å². The number of carboxylic acids is 1. The maximum atomic E-state index is 12.2. The van der Waals surface area contributed by atoms with Crippen molar-refractivity contribution in [2.45, 2.75) is 25.0 Å². The van der Waals surface area contributed by atoms with E-state index in [0.29, 0.717) is 0 Å². The summed E-state index contributed by atoms with van der Waals surface area (Å²) in [5.41, 5.74) is 6.01. The fourth-order valence-corrected chi connectivity index (χ4v) is 5.02. The largest absolute Gasteiger partial charge is 0.481 e. The first-order valence-corrected chi connectivity index (χ1v) is 8.24. The first kappa shape index (κ1) is 15.0. The SMILES string of the molecule is CCS(=O)(=O)C1C(c2ccc(C)cc2)C1(CN)C(=O)O. The first-order chi connectivity index (χ1) is 9.31. The summed E-state index contributed by atoms with van der Waals surface area (Å²) in [7, 11) is -3.46. The van der Waals surface area contributed by atoms with E-state index in [-0.39, 0.29) is 12.3 Å². The minimum atomic E-state index is -3.46. The number of aliphatic carboxylic acids is 1. The molecule has 1 aromatic rings. The monoisotopic (exact) mass is 297 g/mol. The van der Waals surface area contributed by atoms with E-state index in [1.807, 2.05) is 19.1 Å². The highest BCUT2D eigenvalue weighted by Crippen LogP contribution is 2.62. The fraction of sp³-hybridized carbons (Fsp3) is 0.500. The topological polar surface area (TPSA) is 97.5 Å². The van der Waals surface area contributed by atoms with E-state index < -0.39 is 32.4 Å². The zero-order chi connectivity index (χ0) is 15.1. The molecule has 5 nitrogen and oxygen atoms in total. The maximum Gasteiger partial charge on any atom is 0.312 e. The third-order valence-electron chi connectivity index (χ3n) is 4.22. The van der Waals surface area contributed by atoms with Gasteiger partial charge in [-0.1, -0.05) is 36.8 Å². The molecule has 0 bridgehead atoms. The molecule has 0 aliphatic heterocycles. The molecular formula is C14H19NO4S. The van der Waals surface area contributed by atoms with Gasteiger partial charge in [0.25, 0.3) is 0 Å². The molecule has 1 fully saturated rings. The van der Waals surface area contributed by atoms with E-state index in [4.69, 9.17) is 5.73 Å². The van der Waals surface area contributed by atoms with Gasteiger partial charge in [-0.15, -0.1) is 0 Å². The van der Waals surface area contributed by atoms with Crippen LogP contribution in [0, 0.1) is 12.3 Å². The van der Waals surface area contributed by atoms with Gasteiger partial charge in [-0.05, 0) is 12.5 Å². The Bertz CT molecular complexity index is 623. The summed E-state index contributed by atoms with van der Waals surface area (Å²) >= 11 is 0. The van der Waals surface area contributed by atoms with E-state index in [1.165, 1.54) is 6.92 Å². The number of rotatable bonds is 5. The zero-order valence-corrected chi connectivity index (χ0v) is 12.4. The van der Waals surface area contributed by atoms with Gasteiger partial charge in [0.2, 0.25) is 0 Å². The van der Waals surface area contributed by atoms with Gasteiger partial charge in [-0.3, -0.25) is 4.79 Å². The molecule has 1 saturated carbocycles. The second-order valence-corrected chi connectivity index (χ2v) is 7.72. The van der Waals surface area contributed by atoms with Crippen molar-refractivity contribution in [1.29, 1.82) is 0 Å². The van der Waals surface area contributed by atoms with Crippen molar-refractivity contribution in [2.24, 2.45) is 11.1 Å². The third-order valence-corrected chi connectivity index (χ3v) is 6.49. The van der Waals surface area contributed by atoms with E-state index in [2.05, 4.69) is 0 Å². The predicted molar refractivity (Wildman–Crippen MR) is 76.3 cm³/mol. The molecule has 0 heterocycles. The standard InChI is InChI=1S/C14H19NO4S/c1-3-20(18,19)12-11(14(12,8-15)13(16)17)10-6-4-9(2)5-7-10/h4-7,11-12H,3,8,15H2,1-2H3,(H,16,17). The Morgan fingerprint density at radius 2 is 1.90 bits per heavy atom. The van der Waals surface area contributed by atoms with Crippen molar-refractivity contribution in [3.05, 3.63) is 35.4 Å². The average molecular weight is 297 g/mol. The van der Waals surface area contributed by atoms with Crippen LogP contribution in [0.2, 0.25) is 0 Å². The summed E-state index contributed by atoms with van der Waals surface area (Å²) in [4.78, 5) is 11.6. The van der Waals surface area contributed by atoms with Gasteiger partial charge in [0.15, 0.2) is 9.84 Å². The molecule has 3 unspecified atom stereocenters. The van der Waals surface area contributed by atoms with Crippen LogP contribution in [0.3, 0.4) is 0 Å². The van der Waals surface area contributed by atoms with Crippen LogP contribution in [0.1, 0.15) is 24.0 Å². The fourth-order valence-electron chi connectivity index (χ4n) is 2.94. The number of hydrogen-bond donors (Lipinski definition) is 2. The van der Waals surface area contributed by atoms with Crippen LogP contribution in [0.4, 0.5) is 0 Å². The van der Waals surface area contributed by atoms with E-state index >= 15 is 0 Å². The zero-order valence-electron chi connectivity index (χ0n) is 11.5. The predicted octanol–water partition coefficient (Wildman–Crippen LogP) is 0.925. The number of aryl methyl sites for hydroxylation is 1. The van der Waals surface area contributed by atoms with Crippen molar-refractivity contribution in [3.63, 3.8) is 0 Å². The molecule has 3 atom stereocenters. The van der Waals surface area contributed by atoms with Crippen LogP contribution in [-0.2, 0) is 14.6 Å². The highest BCUT2D eigenvalue weighted by atomic mass is 32.2. The highest BCUT2D eigenvalue weighted by molar-refractivity contribution is 7.92. The second kappa shape index (κ2) is 4.86. The Balaban J connectivity index is 2.50. The molecule has 0 amide bonds. The number of benzene rings is 1. The van der Waals surface area contributed by atoms with Gasteiger partial charge in [0.05, 0.1) is 5.25 Å². The Hall–Kier alpha value is -1.40. The Morgan fingerprint density at radius 1 is 1.35 bits per heavy atom. The number of carbonyl (C=O) groups is 1. The molecule has 2 rings (SSSR count). The summed E-state index contributed by atoms with van der Waals surface area (Å²) in [5, 5.41) is 8.55. The second-order valence-electron chi connectivity index (χ2n) is 5.31. The van der Waals surface area contributed by atoms with Crippen molar-refractivity contribution in [2.75, 3.05) is 12.3 Å². The molecular weight excluding hydrogens is 278 g/mol. The molecule has 3 N–H and O–H groups in total. The lowest BCUT2D eigenvalue weighted by atomic mass is 9.99. The highest BCUT2D eigenvalue weighted by Gasteiger charge is 2.74. The van der Waals surface area contributed by atoms with Gasteiger partial charge in [-0.2, -0.15) is 0 Å². The molecule has 1 aliphatic rings. The number of sulfone groups is 1. The molecule has 1 aromatic carbocycles. The molecule has 1 aliphatic carbocycles. The quantitative estimate of drug-likeness (QED) is 0.842. The average Bonchev–Trinajstić information content (AvgIpc) is 3.11. The van der Waals surface area contributed by atoms with Gasteiger partial charge in [-0.25, -0.2) is 8.42 Å². The molecule has 20 heavy (non-hydrogen) atoms. The Morgan fingerprint density at radius 3 is 2.30 bits per heavy atom. The lowest BCUT2D eigenvalue weighted by Crippen LogP contribution is -2.32. The number of carboxylic acid groups (broad SMARTS) is 1. The lowest BCUT2D eigenvalue weighted by Gasteiger charge is -2.09. The van der Waals surface area contributed by atoms with Crippen LogP contribution in [0.15, 0.2) is 24.3 Å². The smallest absolute Gasteiger partial charge is 0.312 e. The van der Waals surface area contributed by atoms with Gasteiger partial charge in [0, 0.05) is 18.2 Å². The molecule has 0 saturated heterocycles. The summed E-state index contributed by atoms with van der Waals surface area (Å²) in [5.74, 6) is -1.77. The summed E-state index contributed by atoms with van der Waals surface area (Å²) < 4.78 is 24.3. The lowest BCUT2D eigenvalue weighted by molar-refractivity contribution is -0.143. The molecule has 0 spiro atoms. The van der Waals surface area contributed by atoms with Gasteiger partial charge >= 0.3 is 5.97 Å². The summed E-state index contributed by atoms with van der Waals surface area (Å²) in [6, 6.07) is 7.29. The minimum Gasteiger partial charge on any atom is -0.481 e. The van der Waals surface area contributed by atoms with Gasteiger partial charge < -0.3 is 10.8 Å². The maximum absolute atomic E-state index is 12.2. The van der Waals surface area contributed by atoms with Crippen molar-refractivity contribution >= 4 is 15.8 Å². The van der Waals surface area contributed by atoms with Gasteiger partial charge in [0.1, 0.15) is 5.41 Å². The Labute approximate surface area is 118 Å². The first-order valence-electron chi connectivity index (χ1n) is 6.53. The van der Waals surface area contributed by atoms with Crippen LogP contribution < -0.4 is 5.73 Å². The number of nitrogens with two attached hydrogens (primary N) is 1. The third kappa shape index (κ3) is 2.03. The molecule has 0 radical (unpaired) electrons. The van der Waals surface area contributed by atoms with E-state index in [1.54, 1.807) is 12.1 Å². The summed E-state index contributed by atoms with van der Waals surface area (Å²) in [6.07, 6.45) is 0.